The monoisotopic (exact) mass is 218 g/mol. The van der Waals surface area contributed by atoms with Gasteiger partial charge < -0.3 is 10.0 Å². The summed E-state index contributed by atoms with van der Waals surface area (Å²) in [5, 5.41) is 10.0. The van der Waals surface area contributed by atoms with Gasteiger partial charge in [0, 0.05) is 6.54 Å². The lowest BCUT2D eigenvalue weighted by atomic mass is 10.2. The first-order valence-corrected chi connectivity index (χ1v) is 5.49. The Hall–Kier alpha value is -0.320. The zero-order valence-corrected chi connectivity index (χ0v) is 8.68. The SMILES string of the molecule is OCC1CCCN1c1ncc(Cl)s1. The number of rotatable bonds is 2. The van der Waals surface area contributed by atoms with E-state index in [1.165, 1.54) is 11.3 Å². The summed E-state index contributed by atoms with van der Waals surface area (Å²) in [6.45, 7) is 1.19. The van der Waals surface area contributed by atoms with Crippen molar-refractivity contribution in [2.75, 3.05) is 18.1 Å². The second kappa shape index (κ2) is 3.82. The molecule has 0 aromatic carbocycles. The molecular formula is C8H11ClN2OS. The summed E-state index contributed by atoms with van der Waals surface area (Å²) >= 11 is 7.27. The van der Waals surface area contributed by atoms with Crippen LogP contribution in [-0.4, -0.2) is 29.3 Å². The molecule has 1 aliphatic heterocycles. The van der Waals surface area contributed by atoms with Gasteiger partial charge in [0.2, 0.25) is 0 Å². The standard InChI is InChI=1S/C8H11ClN2OS/c9-7-4-10-8(13-7)11-3-1-2-6(11)5-12/h4,6,12H,1-3,5H2. The van der Waals surface area contributed by atoms with Gasteiger partial charge in [0.05, 0.1) is 18.8 Å². The highest BCUT2D eigenvalue weighted by molar-refractivity contribution is 7.19. The highest BCUT2D eigenvalue weighted by Gasteiger charge is 2.25. The van der Waals surface area contributed by atoms with Crippen LogP contribution < -0.4 is 4.90 Å². The number of aliphatic hydroxyl groups excluding tert-OH is 1. The molecule has 72 valence electrons. The molecular weight excluding hydrogens is 208 g/mol. The molecule has 0 bridgehead atoms. The Balaban J connectivity index is 2.15. The zero-order chi connectivity index (χ0) is 9.26. The number of hydrogen-bond donors (Lipinski definition) is 1. The van der Waals surface area contributed by atoms with E-state index in [2.05, 4.69) is 9.88 Å². The minimum absolute atomic E-state index is 0.206. The molecule has 1 atom stereocenters. The van der Waals surface area contributed by atoms with E-state index in [4.69, 9.17) is 16.7 Å². The summed E-state index contributed by atoms with van der Waals surface area (Å²) in [4.78, 5) is 6.33. The van der Waals surface area contributed by atoms with Gasteiger partial charge in [-0.1, -0.05) is 22.9 Å². The maximum Gasteiger partial charge on any atom is 0.187 e. The molecule has 1 fully saturated rings. The largest absolute Gasteiger partial charge is 0.394 e. The fraction of sp³-hybridized carbons (Fsp3) is 0.625. The third kappa shape index (κ3) is 1.80. The minimum atomic E-state index is 0.206. The molecule has 1 N–H and O–H groups in total. The Kier molecular flexibility index (Phi) is 2.71. The molecule has 1 aliphatic rings. The Labute approximate surface area is 86.0 Å². The van der Waals surface area contributed by atoms with Crippen LogP contribution in [-0.2, 0) is 0 Å². The number of nitrogens with zero attached hydrogens (tertiary/aromatic N) is 2. The number of thiazole rings is 1. The van der Waals surface area contributed by atoms with Gasteiger partial charge in [-0.2, -0.15) is 0 Å². The van der Waals surface area contributed by atoms with Gasteiger partial charge in [0.1, 0.15) is 4.34 Å². The molecule has 1 unspecified atom stereocenters. The Bertz CT molecular complexity index is 291. The fourth-order valence-corrected chi connectivity index (χ4v) is 2.65. The number of aliphatic hydroxyl groups is 1. The van der Waals surface area contributed by atoms with E-state index >= 15 is 0 Å². The summed E-state index contributed by atoms with van der Waals surface area (Å²) in [5.74, 6) is 0. The number of aromatic nitrogens is 1. The van der Waals surface area contributed by atoms with E-state index in [1.54, 1.807) is 6.20 Å². The highest BCUT2D eigenvalue weighted by atomic mass is 35.5. The van der Waals surface area contributed by atoms with Crippen molar-refractivity contribution in [1.82, 2.24) is 4.98 Å². The smallest absolute Gasteiger partial charge is 0.187 e. The predicted molar refractivity (Wildman–Crippen MR) is 54.6 cm³/mol. The molecule has 3 nitrogen and oxygen atoms in total. The van der Waals surface area contributed by atoms with Crippen molar-refractivity contribution in [3.05, 3.63) is 10.5 Å². The summed E-state index contributed by atoms with van der Waals surface area (Å²) in [6, 6.07) is 0.238. The van der Waals surface area contributed by atoms with Gasteiger partial charge in [0.25, 0.3) is 0 Å². The topological polar surface area (TPSA) is 36.4 Å². The number of hydrogen-bond acceptors (Lipinski definition) is 4. The van der Waals surface area contributed by atoms with E-state index in [9.17, 15) is 0 Å². The van der Waals surface area contributed by atoms with Crippen LogP contribution in [0.25, 0.3) is 0 Å². The van der Waals surface area contributed by atoms with Gasteiger partial charge in [0.15, 0.2) is 5.13 Å². The molecule has 0 amide bonds. The normalized spacial score (nSPS) is 22.6. The van der Waals surface area contributed by atoms with Crippen molar-refractivity contribution in [2.24, 2.45) is 0 Å². The van der Waals surface area contributed by atoms with E-state index in [0.29, 0.717) is 4.34 Å². The van der Waals surface area contributed by atoms with Crippen LogP contribution in [0.1, 0.15) is 12.8 Å². The van der Waals surface area contributed by atoms with Gasteiger partial charge in [-0.25, -0.2) is 4.98 Å². The Morgan fingerprint density at radius 1 is 1.77 bits per heavy atom. The lowest BCUT2D eigenvalue weighted by molar-refractivity contribution is 0.266. The molecule has 0 radical (unpaired) electrons. The maximum atomic E-state index is 9.11. The van der Waals surface area contributed by atoms with Gasteiger partial charge in [-0.3, -0.25) is 0 Å². The van der Waals surface area contributed by atoms with Crippen molar-refractivity contribution < 1.29 is 5.11 Å². The van der Waals surface area contributed by atoms with E-state index in [0.717, 1.165) is 24.5 Å². The van der Waals surface area contributed by atoms with Crippen molar-refractivity contribution >= 4 is 28.1 Å². The first-order chi connectivity index (χ1) is 6.31. The lowest BCUT2D eigenvalue weighted by Gasteiger charge is -2.21. The van der Waals surface area contributed by atoms with Crippen LogP contribution >= 0.6 is 22.9 Å². The fourth-order valence-electron chi connectivity index (χ4n) is 1.66. The molecule has 1 aromatic rings. The molecule has 0 spiro atoms. The van der Waals surface area contributed by atoms with Crippen LogP contribution in [0.3, 0.4) is 0 Å². The van der Waals surface area contributed by atoms with Crippen LogP contribution in [0.4, 0.5) is 5.13 Å². The molecule has 13 heavy (non-hydrogen) atoms. The third-order valence-electron chi connectivity index (χ3n) is 2.30. The summed E-state index contributed by atoms with van der Waals surface area (Å²) in [6.07, 6.45) is 3.84. The van der Waals surface area contributed by atoms with Crippen molar-refractivity contribution in [2.45, 2.75) is 18.9 Å². The average Bonchev–Trinajstić information content (AvgIpc) is 2.71. The second-order valence-electron chi connectivity index (χ2n) is 3.12. The van der Waals surface area contributed by atoms with E-state index < -0.39 is 0 Å². The van der Waals surface area contributed by atoms with Crippen molar-refractivity contribution in [3.63, 3.8) is 0 Å². The first kappa shape index (κ1) is 9.24. The van der Waals surface area contributed by atoms with E-state index in [-0.39, 0.29) is 12.6 Å². The van der Waals surface area contributed by atoms with Crippen LogP contribution in [0.5, 0.6) is 0 Å². The van der Waals surface area contributed by atoms with Crippen molar-refractivity contribution in [3.8, 4) is 0 Å². The average molecular weight is 219 g/mol. The van der Waals surface area contributed by atoms with Crippen molar-refractivity contribution in [1.29, 1.82) is 0 Å². The predicted octanol–water partition coefficient (Wildman–Crippen LogP) is 1.76. The molecule has 0 aliphatic carbocycles. The van der Waals surface area contributed by atoms with Gasteiger partial charge in [-0.05, 0) is 12.8 Å². The quantitative estimate of drug-likeness (QED) is 0.822. The summed E-state index contributed by atoms with van der Waals surface area (Å²) < 4.78 is 0.707. The number of anilines is 1. The zero-order valence-electron chi connectivity index (χ0n) is 7.11. The number of halogens is 1. The Morgan fingerprint density at radius 2 is 2.62 bits per heavy atom. The molecule has 0 saturated carbocycles. The maximum absolute atomic E-state index is 9.11. The second-order valence-corrected chi connectivity index (χ2v) is 4.76. The first-order valence-electron chi connectivity index (χ1n) is 4.30. The Morgan fingerprint density at radius 3 is 3.23 bits per heavy atom. The molecule has 2 heterocycles. The summed E-state index contributed by atoms with van der Waals surface area (Å²) in [7, 11) is 0. The molecule has 1 aromatic heterocycles. The minimum Gasteiger partial charge on any atom is -0.394 e. The molecule has 1 saturated heterocycles. The molecule has 5 heteroatoms. The molecule has 2 rings (SSSR count). The lowest BCUT2D eigenvalue weighted by Crippen LogP contribution is -2.31. The highest BCUT2D eigenvalue weighted by Crippen LogP contribution is 2.31. The van der Waals surface area contributed by atoms with Gasteiger partial charge >= 0.3 is 0 Å². The van der Waals surface area contributed by atoms with Crippen LogP contribution in [0.2, 0.25) is 4.34 Å². The summed E-state index contributed by atoms with van der Waals surface area (Å²) in [5.41, 5.74) is 0. The van der Waals surface area contributed by atoms with Gasteiger partial charge in [-0.15, -0.1) is 0 Å². The van der Waals surface area contributed by atoms with Crippen LogP contribution in [0, 0.1) is 0 Å². The van der Waals surface area contributed by atoms with Crippen LogP contribution in [0.15, 0.2) is 6.20 Å². The third-order valence-corrected chi connectivity index (χ3v) is 3.45. The van der Waals surface area contributed by atoms with E-state index in [1.807, 2.05) is 0 Å².